The maximum atomic E-state index is 11.4. The number of methoxy groups -OCH3 is 1. The summed E-state index contributed by atoms with van der Waals surface area (Å²) in [6.45, 7) is 0. The topological polar surface area (TPSA) is 56.3 Å². The molecule has 0 aliphatic carbocycles. The van der Waals surface area contributed by atoms with Gasteiger partial charge in [-0.05, 0) is 24.3 Å². The first-order valence-corrected chi connectivity index (χ1v) is 5.35. The molecule has 0 bridgehead atoms. The van der Waals surface area contributed by atoms with Crippen LogP contribution in [0.4, 0.5) is 0 Å². The average molecular weight is 241 g/mol. The molecular formula is C14H11NO3. The van der Waals surface area contributed by atoms with Crippen LogP contribution in [0.5, 0.6) is 0 Å². The monoisotopic (exact) mass is 241 g/mol. The summed E-state index contributed by atoms with van der Waals surface area (Å²) >= 11 is 0. The molecule has 0 N–H and O–H groups in total. The molecule has 2 aromatic rings. The zero-order valence-electron chi connectivity index (χ0n) is 9.79. The summed E-state index contributed by atoms with van der Waals surface area (Å²) < 4.78 is 4.66. The van der Waals surface area contributed by atoms with Gasteiger partial charge in [-0.3, -0.25) is 4.79 Å². The van der Waals surface area contributed by atoms with Crippen molar-refractivity contribution in [3.05, 3.63) is 53.7 Å². The number of nitrogens with zero attached hydrogens (tertiary/aromatic N) is 1. The second-order valence-electron chi connectivity index (χ2n) is 3.64. The first kappa shape index (κ1) is 12.0. The van der Waals surface area contributed by atoms with E-state index in [0.29, 0.717) is 23.2 Å². The number of rotatable bonds is 3. The minimum Gasteiger partial charge on any atom is -0.465 e. The van der Waals surface area contributed by atoms with Gasteiger partial charge in [0.25, 0.3) is 0 Å². The molecule has 0 unspecified atom stereocenters. The Morgan fingerprint density at radius 1 is 1.22 bits per heavy atom. The third kappa shape index (κ3) is 2.43. The second-order valence-corrected chi connectivity index (χ2v) is 3.64. The smallest absolute Gasteiger partial charge is 0.337 e. The molecule has 0 saturated heterocycles. The first-order valence-electron chi connectivity index (χ1n) is 5.35. The molecule has 0 saturated carbocycles. The Bertz CT molecular complexity index is 593. The van der Waals surface area contributed by atoms with Gasteiger partial charge in [-0.2, -0.15) is 0 Å². The van der Waals surface area contributed by atoms with Gasteiger partial charge in [-0.25, -0.2) is 9.78 Å². The van der Waals surface area contributed by atoms with Crippen molar-refractivity contribution in [3.8, 4) is 11.3 Å². The predicted octanol–water partition coefficient (Wildman–Crippen LogP) is 2.35. The molecule has 0 fully saturated rings. The number of pyridine rings is 1. The van der Waals surface area contributed by atoms with Gasteiger partial charge in [0.1, 0.15) is 5.69 Å². The van der Waals surface area contributed by atoms with E-state index in [1.165, 1.54) is 7.11 Å². The molecule has 0 atom stereocenters. The van der Waals surface area contributed by atoms with Crippen molar-refractivity contribution in [1.82, 2.24) is 4.98 Å². The minimum absolute atomic E-state index is 0.357. The Labute approximate surface area is 104 Å². The van der Waals surface area contributed by atoms with Crippen LogP contribution >= 0.6 is 0 Å². The maximum Gasteiger partial charge on any atom is 0.337 e. The Morgan fingerprint density at radius 3 is 2.72 bits per heavy atom. The lowest BCUT2D eigenvalue weighted by Gasteiger charge is -2.04. The molecule has 4 nitrogen and oxygen atoms in total. The maximum absolute atomic E-state index is 11.4. The van der Waals surface area contributed by atoms with Crippen molar-refractivity contribution < 1.29 is 14.3 Å². The lowest BCUT2D eigenvalue weighted by atomic mass is 10.1. The highest BCUT2D eigenvalue weighted by molar-refractivity contribution is 5.90. The molecule has 0 aliphatic heterocycles. The fourth-order valence-electron chi connectivity index (χ4n) is 1.60. The standard InChI is InChI=1S/C14H11NO3/c1-18-14(17)11-5-2-4-10(8-11)13-7-3-6-12(9-16)15-13/h2-9H,1H3. The van der Waals surface area contributed by atoms with Crippen molar-refractivity contribution in [2.45, 2.75) is 0 Å². The molecule has 2 rings (SSSR count). The Hall–Kier alpha value is -2.49. The normalized spacial score (nSPS) is 9.83. The van der Waals surface area contributed by atoms with E-state index in [0.717, 1.165) is 5.56 Å². The number of ether oxygens (including phenoxy) is 1. The van der Waals surface area contributed by atoms with E-state index < -0.39 is 5.97 Å². The summed E-state index contributed by atoms with van der Waals surface area (Å²) in [4.78, 5) is 26.3. The molecule has 18 heavy (non-hydrogen) atoms. The quantitative estimate of drug-likeness (QED) is 0.611. The Kier molecular flexibility index (Phi) is 3.48. The zero-order chi connectivity index (χ0) is 13.0. The highest BCUT2D eigenvalue weighted by Gasteiger charge is 2.07. The number of carbonyl (C=O) groups is 2. The first-order chi connectivity index (χ1) is 8.74. The summed E-state index contributed by atoms with van der Waals surface area (Å²) in [7, 11) is 1.33. The van der Waals surface area contributed by atoms with Crippen LogP contribution in [-0.4, -0.2) is 24.3 Å². The van der Waals surface area contributed by atoms with Crippen molar-refractivity contribution in [2.75, 3.05) is 7.11 Å². The van der Waals surface area contributed by atoms with Gasteiger partial charge in [0.05, 0.1) is 18.4 Å². The van der Waals surface area contributed by atoms with Crippen LogP contribution in [0.15, 0.2) is 42.5 Å². The van der Waals surface area contributed by atoms with Crippen LogP contribution in [0.2, 0.25) is 0 Å². The van der Waals surface area contributed by atoms with E-state index in [1.54, 1.807) is 36.4 Å². The van der Waals surface area contributed by atoms with E-state index in [9.17, 15) is 9.59 Å². The Morgan fingerprint density at radius 2 is 2.00 bits per heavy atom. The van der Waals surface area contributed by atoms with Gasteiger partial charge < -0.3 is 4.74 Å². The minimum atomic E-state index is -0.400. The van der Waals surface area contributed by atoms with Gasteiger partial charge in [0.2, 0.25) is 0 Å². The van der Waals surface area contributed by atoms with Crippen molar-refractivity contribution >= 4 is 12.3 Å². The Balaban J connectivity index is 2.44. The largest absolute Gasteiger partial charge is 0.465 e. The summed E-state index contributed by atoms with van der Waals surface area (Å²) in [5.74, 6) is -0.400. The van der Waals surface area contributed by atoms with Gasteiger partial charge >= 0.3 is 5.97 Å². The van der Waals surface area contributed by atoms with Crippen LogP contribution in [0, 0.1) is 0 Å². The third-order valence-corrected chi connectivity index (χ3v) is 2.47. The lowest BCUT2D eigenvalue weighted by Crippen LogP contribution is -2.01. The fourth-order valence-corrected chi connectivity index (χ4v) is 1.60. The highest BCUT2D eigenvalue weighted by atomic mass is 16.5. The zero-order valence-corrected chi connectivity index (χ0v) is 9.79. The van der Waals surface area contributed by atoms with Crippen LogP contribution in [-0.2, 0) is 4.74 Å². The molecule has 1 heterocycles. The van der Waals surface area contributed by atoms with E-state index in [-0.39, 0.29) is 0 Å². The van der Waals surface area contributed by atoms with Gasteiger partial charge in [-0.15, -0.1) is 0 Å². The van der Waals surface area contributed by atoms with Gasteiger partial charge in [-0.1, -0.05) is 18.2 Å². The van der Waals surface area contributed by atoms with Crippen LogP contribution in [0.3, 0.4) is 0 Å². The highest BCUT2D eigenvalue weighted by Crippen LogP contribution is 2.18. The van der Waals surface area contributed by atoms with Crippen molar-refractivity contribution in [3.63, 3.8) is 0 Å². The van der Waals surface area contributed by atoms with Crippen LogP contribution in [0.1, 0.15) is 20.8 Å². The molecule has 90 valence electrons. The number of aromatic nitrogens is 1. The molecule has 1 aromatic heterocycles. The predicted molar refractivity (Wildman–Crippen MR) is 66.4 cm³/mol. The summed E-state index contributed by atoms with van der Waals surface area (Å²) in [5.41, 5.74) is 2.22. The van der Waals surface area contributed by atoms with E-state index in [1.807, 2.05) is 6.07 Å². The molecule has 0 spiro atoms. The van der Waals surface area contributed by atoms with Crippen LogP contribution in [0.25, 0.3) is 11.3 Å². The van der Waals surface area contributed by atoms with Crippen LogP contribution < -0.4 is 0 Å². The van der Waals surface area contributed by atoms with E-state index >= 15 is 0 Å². The van der Waals surface area contributed by atoms with Crippen molar-refractivity contribution in [1.29, 1.82) is 0 Å². The number of benzene rings is 1. The summed E-state index contributed by atoms with van der Waals surface area (Å²) in [5, 5.41) is 0. The summed E-state index contributed by atoms with van der Waals surface area (Å²) in [6, 6.07) is 12.1. The fraction of sp³-hybridized carbons (Fsp3) is 0.0714. The number of aldehydes is 1. The number of carbonyl (C=O) groups excluding carboxylic acids is 2. The van der Waals surface area contributed by atoms with Crippen molar-refractivity contribution in [2.24, 2.45) is 0 Å². The summed E-state index contributed by atoms with van der Waals surface area (Å²) in [6.07, 6.45) is 0.688. The SMILES string of the molecule is COC(=O)c1cccc(-c2cccc(C=O)n2)c1. The third-order valence-electron chi connectivity index (χ3n) is 2.47. The molecule has 0 amide bonds. The molecule has 4 heteroatoms. The molecule has 1 aromatic carbocycles. The lowest BCUT2D eigenvalue weighted by molar-refractivity contribution is 0.0600. The average Bonchev–Trinajstić information content (AvgIpc) is 2.46. The molecule has 0 aliphatic rings. The number of esters is 1. The van der Waals surface area contributed by atoms with Gasteiger partial charge in [0.15, 0.2) is 6.29 Å². The van der Waals surface area contributed by atoms with Gasteiger partial charge in [0, 0.05) is 5.56 Å². The number of hydrogen-bond donors (Lipinski definition) is 0. The second kappa shape index (κ2) is 5.23. The number of hydrogen-bond acceptors (Lipinski definition) is 4. The molecular weight excluding hydrogens is 230 g/mol. The van der Waals surface area contributed by atoms with E-state index in [2.05, 4.69) is 9.72 Å². The molecule has 0 radical (unpaired) electrons. The van der Waals surface area contributed by atoms with E-state index in [4.69, 9.17) is 0 Å².